The highest BCUT2D eigenvalue weighted by Crippen LogP contribution is 2.45. The lowest BCUT2D eigenvalue weighted by Crippen LogP contribution is -2.59. The number of hydrogen-bond donors (Lipinski definition) is 1. The first-order chi connectivity index (χ1) is 11.6. The van der Waals surface area contributed by atoms with Crippen molar-refractivity contribution in [3.05, 3.63) is 35.4 Å². The van der Waals surface area contributed by atoms with Gasteiger partial charge < -0.3 is 14.7 Å². The van der Waals surface area contributed by atoms with E-state index in [0.717, 1.165) is 25.3 Å². The first-order valence-electron chi connectivity index (χ1n) is 8.78. The number of amides is 1. The van der Waals surface area contributed by atoms with Gasteiger partial charge in [-0.25, -0.2) is 13.6 Å². The maximum Gasteiger partial charge on any atom is 0.410 e. The van der Waals surface area contributed by atoms with Gasteiger partial charge in [-0.2, -0.15) is 0 Å². The number of hydrogen-bond acceptors (Lipinski definition) is 3. The summed E-state index contributed by atoms with van der Waals surface area (Å²) in [5.74, 6) is -1.41. The molecule has 2 fully saturated rings. The van der Waals surface area contributed by atoms with Crippen LogP contribution in [0.2, 0.25) is 0 Å². The van der Waals surface area contributed by atoms with Gasteiger partial charge in [0.05, 0.1) is 5.60 Å². The van der Waals surface area contributed by atoms with Crippen LogP contribution in [0.1, 0.15) is 58.4 Å². The number of ether oxygens (including phenoxy) is 1. The van der Waals surface area contributed by atoms with E-state index in [9.17, 15) is 18.7 Å². The second kappa shape index (κ2) is 6.24. The number of carbonyl (C=O) groups excluding carboxylic acids is 1. The number of carbonyl (C=O) groups is 1. The van der Waals surface area contributed by atoms with Crippen LogP contribution in [0.25, 0.3) is 0 Å². The van der Waals surface area contributed by atoms with Crippen LogP contribution in [0, 0.1) is 11.6 Å². The van der Waals surface area contributed by atoms with Gasteiger partial charge in [-0.3, -0.25) is 0 Å². The van der Waals surface area contributed by atoms with Crippen LogP contribution >= 0.6 is 0 Å². The molecule has 3 rings (SSSR count). The van der Waals surface area contributed by atoms with Crippen molar-refractivity contribution in [2.75, 3.05) is 0 Å². The molecule has 0 saturated carbocycles. The minimum absolute atomic E-state index is 0.196. The summed E-state index contributed by atoms with van der Waals surface area (Å²) in [5.41, 5.74) is -1.69. The molecule has 0 spiro atoms. The molecular weight excluding hydrogens is 328 g/mol. The number of benzene rings is 1. The van der Waals surface area contributed by atoms with E-state index >= 15 is 0 Å². The lowest BCUT2D eigenvalue weighted by Gasteiger charge is -2.51. The lowest BCUT2D eigenvalue weighted by atomic mass is 9.72. The van der Waals surface area contributed by atoms with E-state index in [1.807, 2.05) is 20.8 Å². The number of aliphatic hydroxyl groups is 1. The van der Waals surface area contributed by atoms with Crippen molar-refractivity contribution in [3.8, 4) is 0 Å². The summed E-state index contributed by atoms with van der Waals surface area (Å²) < 4.78 is 32.7. The summed E-state index contributed by atoms with van der Waals surface area (Å²) in [5, 5.41) is 11.1. The predicted octanol–water partition coefficient (Wildman–Crippen LogP) is 4.10. The third-order valence-electron chi connectivity index (χ3n) is 5.01. The molecule has 1 aromatic carbocycles. The zero-order valence-corrected chi connectivity index (χ0v) is 14.9. The van der Waals surface area contributed by atoms with Gasteiger partial charge in [-0.15, -0.1) is 0 Å². The number of rotatable bonds is 1. The van der Waals surface area contributed by atoms with E-state index < -0.39 is 22.8 Å². The molecule has 4 nitrogen and oxygen atoms in total. The molecule has 25 heavy (non-hydrogen) atoms. The van der Waals surface area contributed by atoms with E-state index in [1.54, 1.807) is 4.90 Å². The maximum absolute atomic E-state index is 13.6. The van der Waals surface area contributed by atoms with Crippen molar-refractivity contribution < 1.29 is 23.4 Å². The Hall–Kier alpha value is -1.69. The second-order valence-electron chi connectivity index (χ2n) is 8.22. The van der Waals surface area contributed by atoms with Crippen molar-refractivity contribution in [3.63, 3.8) is 0 Å². The molecule has 0 aromatic heterocycles. The van der Waals surface area contributed by atoms with Gasteiger partial charge in [-0.05, 0) is 57.7 Å². The Morgan fingerprint density at radius 3 is 2.16 bits per heavy atom. The Morgan fingerprint density at radius 1 is 1.16 bits per heavy atom. The van der Waals surface area contributed by atoms with Crippen molar-refractivity contribution in [1.82, 2.24) is 4.90 Å². The molecule has 0 aliphatic carbocycles. The predicted molar refractivity (Wildman–Crippen MR) is 89.0 cm³/mol. The second-order valence-corrected chi connectivity index (χ2v) is 8.22. The minimum Gasteiger partial charge on any atom is -0.444 e. The molecule has 2 heterocycles. The fourth-order valence-electron chi connectivity index (χ4n) is 4.10. The molecule has 138 valence electrons. The van der Waals surface area contributed by atoms with Crippen LogP contribution < -0.4 is 0 Å². The Morgan fingerprint density at radius 2 is 1.68 bits per heavy atom. The summed E-state index contributed by atoms with van der Waals surface area (Å²) in [6.45, 7) is 5.45. The molecule has 0 radical (unpaired) electrons. The fraction of sp³-hybridized carbons (Fsp3) is 0.632. The Bertz CT molecular complexity index is 637. The molecule has 2 bridgehead atoms. The highest BCUT2D eigenvalue weighted by Gasteiger charge is 2.49. The van der Waals surface area contributed by atoms with Crippen LogP contribution in [0.4, 0.5) is 13.6 Å². The third kappa shape index (κ3) is 3.78. The van der Waals surface area contributed by atoms with Crippen molar-refractivity contribution in [2.24, 2.45) is 0 Å². The average molecular weight is 353 g/mol. The lowest BCUT2D eigenvalue weighted by molar-refractivity contribution is -0.0967. The minimum atomic E-state index is -1.34. The van der Waals surface area contributed by atoms with Gasteiger partial charge in [0.2, 0.25) is 0 Å². The highest BCUT2D eigenvalue weighted by atomic mass is 19.1. The van der Waals surface area contributed by atoms with E-state index in [4.69, 9.17) is 4.74 Å². The van der Waals surface area contributed by atoms with Gasteiger partial charge in [0.25, 0.3) is 0 Å². The third-order valence-corrected chi connectivity index (χ3v) is 5.01. The quantitative estimate of drug-likeness (QED) is 0.827. The van der Waals surface area contributed by atoms with Crippen molar-refractivity contribution >= 4 is 6.09 Å². The van der Waals surface area contributed by atoms with Gasteiger partial charge in [0.1, 0.15) is 17.2 Å². The Balaban J connectivity index is 1.86. The smallest absolute Gasteiger partial charge is 0.410 e. The summed E-state index contributed by atoms with van der Waals surface area (Å²) in [4.78, 5) is 14.3. The van der Waals surface area contributed by atoms with Gasteiger partial charge >= 0.3 is 6.09 Å². The number of nitrogens with zero attached hydrogens (tertiary/aromatic N) is 1. The molecule has 2 unspecified atom stereocenters. The number of fused-ring (bicyclic) bond motifs is 2. The highest BCUT2D eigenvalue weighted by molar-refractivity contribution is 5.69. The van der Waals surface area contributed by atoms with Crippen molar-refractivity contribution in [1.29, 1.82) is 0 Å². The summed E-state index contributed by atoms with van der Waals surface area (Å²) in [7, 11) is 0. The standard InChI is InChI=1S/C19H25F2NO3/c1-18(2,3)25-17(23)22-15-5-4-6-16(22)11-19(24,10-15)12-7-13(20)9-14(21)8-12/h7-9,15-16,24H,4-6,10-11H2,1-3H3. The zero-order valence-electron chi connectivity index (χ0n) is 14.9. The van der Waals surface area contributed by atoms with Crippen LogP contribution in [-0.2, 0) is 10.3 Å². The van der Waals surface area contributed by atoms with Crippen LogP contribution in [0.15, 0.2) is 18.2 Å². The Labute approximate surface area is 146 Å². The number of piperidine rings is 2. The monoisotopic (exact) mass is 353 g/mol. The normalized spacial score (nSPS) is 29.4. The largest absolute Gasteiger partial charge is 0.444 e. The first-order valence-corrected chi connectivity index (χ1v) is 8.78. The molecule has 6 heteroatoms. The Kier molecular flexibility index (Phi) is 4.52. The maximum atomic E-state index is 13.6. The van der Waals surface area contributed by atoms with Crippen molar-refractivity contribution in [2.45, 2.75) is 76.2 Å². The van der Waals surface area contributed by atoms with E-state index in [2.05, 4.69) is 0 Å². The van der Waals surface area contributed by atoms with Crippen LogP contribution in [0.5, 0.6) is 0 Å². The number of halogens is 2. The summed E-state index contributed by atoms with van der Waals surface area (Å²) in [6, 6.07) is 2.77. The van der Waals surface area contributed by atoms with E-state index in [1.165, 1.54) is 12.1 Å². The molecular formula is C19H25F2NO3. The molecule has 1 aromatic rings. The summed E-state index contributed by atoms with van der Waals surface area (Å²) >= 11 is 0. The molecule has 2 atom stereocenters. The van der Waals surface area contributed by atoms with Gasteiger partial charge in [0.15, 0.2) is 0 Å². The van der Waals surface area contributed by atoms with Crippen LogP contribution in [-0.4, -0.2) is 33.8 Å². The van der Waals surface area contributed by atoms with Gasteiger partial charge in [-0.1, -0.05) is 0 Å². The zero-order chi connectivity index (χ0) is 18.4. The average Bonchev–Trinajstić information content (AvgIpc) is 2.43. The molecule has 1 amide bonds. The molecule has 2 aliphatic heterocycles. The van der Waals surface area contributed by atoms with E-state index in [-0.39, 0.29) is 36.6 Å². The first kappa shape index (κ1) is 18.1. The molecule has 1 N–H and O–H groups in total. The SMILES string of the molecule is CC(C)(C)OC(=O)N1C2CCCC1CC(O)(c1cc(F)cc(F)c1)C2. The van der Waals surface area contributed by atoms with Crippen LogP contribution in [0.3, 0.4) is 0 Å². The molecule has 2 aliphatic rings. The van der Waals surface area contributed by atoms with Gasteiger partial charge in [0, 0.05) is 31.0 Å². The molecule has 2 saturated heterocycles. The summed E-state index contributed by atoms with van der Waals surface area (Å²) in [6.07, 6.45) is 2.58. The topological polar surface area (TPSA) is 49.8 Å². The van der Waals surface area contributed by atoms with E-state index in [0.29, 0.717) is 0 Å². The fourth-order valence-corrected chi connectivity index (χ4v) is 4.10.